The van der Waals surface area contributed by atoms with Crippen LogP contribution in [0, 0.1) is 0 Å². The van der Waals surface area contributed by atoms with Crippen LogP contribution >= 0.6 is 7.60 Å². The fourth-order valence-electron chi connectivity index (χ4n) is 1.97. The van der Waals surface area contributed by atoms with Gasteiger partial charge in [-0.2, -0.15) is 4.72 Å². The Morgan fingerprint density at radius 2 is 1.56 bits per heavy atom. The molecule has 0 aliphatic heterocycles. The highest BCUT2D eigenvalue weighted by molar-refractivity contribution is 7.91. The average molecular weight is 393 g/mol. The first-order valence-electron chi connectivity index (χ1n) is 8.05. The summed E-state index contributed by atoms with van der Waals surface area (Å²) in [7, 11) is -6.04. The van der Waals surface area contributed by atoms with Gasteiger partial charge in [0.05, 0.1) is 25.1 Å². The van der Waals surface area contributed by atoms with Crippen molar-refractivity contribution in [2.75, 3.05) is 20.3 Å². The van der Waals surface area contributed by atoms with Crippen molar-refractivity contribution in [3.05, 3.63) is 29.8 Å². The van der Waals surface area contributed by atoms with Crippen LogP contribution in [0.3, 0.4) is 0 Å². The van der Waals surface area contributed by atoms with Gasteiger partial charge in [0, 0.05) is 0 Å². The molecule has 0 unspecified atom stereocenters. The summed E-state index contributed by atoms with van der Waals surface area (Å²) in [5, 5.41) is 0. The number of rotatable bonds is 9. The summed E-state index contributed by atoms with van der Waals surface area (Å²) in [5.74, 6) is -0.550. The molecule has 0 aromatic heterocycles. The molecule has 7 nitrogen and oxygen atoms in total. The van der Waals surface area contributed by atoms with E-state index < -0.39 is 28.1 Å². The van der Waals surface area contributed by atoms with E-state index in [1.54, 1.807) is 58.9 Å². The molecule has 0 aliphatic rings. The molecule has 1 rings (SSSR count). The van der Waals surface area contributed by atoms with E-state index in [0.717, 1.165) is 0 Å². The number of hydrogen-bond donors (Lipinski definition) is 1. The normalized spacial score (nSPS) is 14.3. The van der Waals surface area contributed by atoms with Gasteiger partial charge in [-0.3, -0.25) is 4.57 Å². The molecule has 1 atom stereocenters. The average Bonchev–Trinajstić information content (AvgIpc) is 2.52. The predicted octanol–water partition coefficient (Wildman–Crippen LogP) is 3.68. The Morgan fingerprint density at radius 1 is 1.08 bits per heavy atom. The van der Waals surface area contributed by atoms with Crippen LogP contribution in [0.1, 0.15) is 46.0 Å². The molecule has 0 saturated carbocycles. The van der Waals surface area contributed by atoms with Crippen molar-refractivity contribution < 1.29 is 26.8 Å². The van der Waals surface area contributed by atoms with Gasteiger partial charge in [-0.15, -0.1) is 0 Å². The molecule has 1 N–H and O–H groups in total. The van der Waals surface area contributed by atoms with Crippen molar-refractivity contribution in [3.63, 3.8) is 0 Å². The van der Waals surface area contributed by atoms with Crippen LogP contribution in [0.25, 0.3) is 0 Å². The monoisotopic (exact) mass is 393 g/mol. The third kappa shape index (κ3) is 5.53. The van der Waals surface area contributed by atoms with Gasteiger partial charge >= 0.3 is 7.60 Å². The number of hydrogen-bond acceptors (Lipinski definition) is 6. The zero-order valence-corrected chi connectivity index (χ0v) is 17.3. The Morgan fingerprint density at radius 3 is 1.92 bits per heavy atom. The smallest absolute Gasteiger partial charge is 0.352 e. The zero-order valence-electron chi connectivity index (χ0n) is 15.6. The molecule has 0 aliphatic carbocycles. The van der Waals surface area contributed by atoms with E-state index in [2.05, 4.69) is 4.72 Å². The summed E-state index contributed by atoms with van der Waals surface area (Å²) in [6.45, 7) is 8.29. The van der Waals surface area contributed by atoms with E-state index in [1.807, 2.05) is 0 Å². The van der Waals surface area contributed by atoms with Crippen molar-refractivity contribution in [2.24, 2.45) is 0 Å². The van der Waals surface area contributed by atoms with Crippen LogP contribution in [-0.4, -0.2) is 33.5 Å². The predicted molar refractivity (Wildman–Crippen MR) is 98.4 cm³/mol. The Kier molecular flexibility index (Phi) is 7.65. The Balaban J connectivity index is 3.41. The molecule has 9 heteroatoms. The van der Waals surface area contributed by atoms with Gasteiger partial charge in [0.1, 0.15) is 11.5 Å². The molecule has 144 valence electrons. The first kappa shape index (κ1) is 22.1. The maximum atomic E-state index is 13.3. The van der Waals surface area contributed by atoms with Crippen LogP contribution < -0.4 is 9.46 Å². The number of methoxy groups -OCH3 is 1. The quantitative estimate of drug-likeness (QED) is 0.644. The minimum Gasteiger partial charge on any atom is -0.497 e. The Hall–Kier alpha value is -0.920. The number of benzene rings is 1. The summed E-state index contributed by atoms with van der Waals surface area (Å²) in [4.78, 5) is 0. The van der Waals surface area contributed by atoms with E-state index in [0.29, 0.717) is 11.3 Å². The second-order valence-corrected chi connectivity index (χ2v) is 10.9. The van der Waals surface area contributed by atoms with Crippen LogP contribution in [-0.2, 0) is 23.6 Å². The molecular weight excluding hydrogens is 365 g/mol. The van der Waals surface area contributed by atoms with Crippen molar-refractivity contribution in [2.45, 2.75) is 45.1 Å². The zero-order chi connectivity index (χ0) is 19.3. The van der Waals surface area contributed by atoms with Crippen LogP contribution in [0.4, 0.5) is 0 Å². The van der Waals surface area contributed by atoms with E-state index in [-0.39, 0.29) is 13.2 Å². The largest absolute Gasteiger partial charge is 0.497 e. The lowest BCUT2D eigenvalue weighted by Gasteiger charge is -2.30. The molecule has 1 aromatic rings. The number of ether oxygens (including phenoxy) is 1. The van der Waals surface area contributed by atoms with Crippen LogP contribution in [0.5, 0.6) is 5.75 Å². The summed E-state index contributed by atoms with van der Waals surface area (Å²) in [5.41, 5.74) is 0.471. The lowest BCUT2D eigenvalue weighted by atomic mass is 10.2. The van der Waals surface area contributed by atoms with Gasteiger partial charge in [0.2, 0.25) is 10.0 Å². The minimum atomic E-state index is -3.79. The summed E-state index contributed by atoms with van der Waals surface area (Å²) < 4.78 is 55.9. The van der Waals surface area contributed by atoms with Gasteiger partial charge in [-0.05, 0) is 52.3 Å². The van der Waals surface area contributed by atoms with Gasteiger partial charge < -0.3 is 13.8 Å². The summed E-state index contributed by atoms with van der Waals surface area (Å²) in [6.07, 6.45) is 0. The van der Waals surface area contributed by atoms with Crippen molar-refractivity contribution in [3.8, 4) is 5.75 Å². The highest BCUT2D eigenvalue weighted by atomic mass is 32.2. The summed E-state index contributed by atoms with van der Waals surface area (Å²) >= 11 is 0. The third-order valence-electron chi connectivity index (χ3n) is 3.44. The molecule has 0 saturated heterocycles. The van der Waals surface area contributed by atoms with Gasteiger partial charge in [0.15, 0.2) is 0 Å². The fraction of sp³-hybridized carbons (Fsp3) is 0.625. The topological polar surface area (TPSA) is 90.9 Å². The van der Waals surface area contributed by atoms with E-state index in [1.165, 1.54) is 7.11 Å². The first-order chi connectivity index (χ1) is 11.5. The van der Waals surface area contributed by atoms with E-state index in [4.69, 9.17) is 13.8 Å². The lowest BCUT2D eigenvalue weighted by molar-refractivity contribution is 0.210. The fourth-order valence-corrected chi connectivity index (χ4v) is 5.32. The van der Waals surface area contributed by atoms with Crippen molar-refractivity contribution in [1.82, 2.24) is 4.72 Å². The highest BCUT2D eigenvalue weighted by Crippen LogP contribution is 2.60. The molecule has 0 amide bonds. The second kappa shape index (κ2) is 8.64. The summed E-state index contributed by atoms with van der Waals surface area (Å²) in [6, 6.07) is 6.60. The van der Waals surface area contributed by atoms with Crippen molar-refractivity contribution in [1.29, 1.82) is 0 Å². The van der Waals surface area contributed by atoms with Gasteiger partial charge in [-0.1, -0.05) is 12.1 Å². The van der Waals surface area contributed by atoms with Crippen LogP contribution in [0.15, 0.2) is 24.3 Å². The second-order valence-electron chi connectivity index (χ2n) is 6.28. The van der Waals surface area contributed by atoms with Gasteiger partial charge in [0.25, 0.3) is 0 Å². The molecule has 25 heavy (non-hydrogen) atoms. The highest BCUT2D eigenvalue weighted by Gasteiger charge is 2.42. The standard InChI is InChI=1S/C16H28NO6PS/c1-7-22-24(18,23-8-2)15(17-25(19,20)16(3,4)5)13-9-11-14(21-6)12-10-13/h9-12,15,17H,7-8H2,1-6H3/t15-/m1/s1. The number of nitrogens with one attached hydrogen (secondary N) is 1. The Labute approximate surface area is 150 Å². The maximum absolute atomic E-state index is 13.3. The molecule has 0 heterocycles. The molecule has 0 spiro atoms. The van der Waals surface area contributed by atoms with Gasteiger partial charge in [-0.25, -0.2) is 8.42 Å². The number of sulfonamides is 1. The maximum Gasteiger partial charge on any atom is 0.352 e. The first-order valence-corrected chi connectivity index (χ1v) is 11.1. The molecule has 0 bridgehead atoms. The molecule has 0 radical (unpaired) electrons. The molecule has 0 fully saturated rings. The molecular formula is C16H28NO6PS. The van der Waals surface area contributed by atoms with Crippen molar-refractivity contribution >= 4 is 17.6 Å². The SMILES string of the molecule is CCOP(=O)(OCC)[C@@H](NS(=O)(=O)C(C)(C)C)c1ccc(OC)cc1. The minimum absolute atomic E-state index is 0.126. The van der Waals surface area contributed by atoms with E-state index in [9.17, 15) is 13.0 Å². The Bertz CT molecular complexity index is 686. The third-order valence-corrected chi connectivity index (χ3v) is 8.07. The van der Waals surface area contributed by atoms with Crippen LogP contribution in [0.2, 0.25) is 0 Å². The van der Waals surface area contributed by atoms with E-state index >= 15 is 0 Å². The molecule has 1 aromatic carbocycles. The lowest BCUT2D eigenvalue weighted by Crippen LogP contribution is -2.41.